The van der Waals surface area contributed by atoms with Gasteiger partial charge >= 0.3 is 0 Å². The number of benzene rings is 2. The van der Waals surface area contributed by atoms with Gasteiger partial charge in [-0.3, -0.25) is 0 Å². The highest BCUT2D eigenvalue weighted by molar-refractivity contribution is 7.99. The van der Waals surface area contributed by atoms with E-state index in [0.29, 0.717) is 25.8 Å². The number of rotatable bonds is 2. The zero-order valence-corrected chi connectivity index (χ0v) is 12.7. The Morgan fingerprint density at radius 2 is 1.39 bits per heavy atom. The van der Waals surface area contributed by atoms with Crippen molar-refractivity contribution in [3.63, 3.8) is 0 Å². The standard InChI is InChI=1S/C12H7Cl4NS/c13-8-2-1-7(5-9(8)14)18-12-10(15)3-6(17)4-11(12)16/h1-5H,17H2. The second-order valence-electron chi connectivity index (χ2n) is 3.49. The van der Waals surface area contributed by atoms with Crippen molar-refractivity contribution in [2.45, 2.75) is 9.79 Å². The van der Waals surface area contributed by atoms with E-state index in [-0.39, 0.29) is 0 Å². The number of nitrogens with two attached hydrogens (primary N) is 1. The summed E-state index contributed by atoms with van der Waals surface area (Å²) in [5, 5.41) is 2.02. The maximum Gasteiger partial charge on any atom is 0.0603 e. The largest absolute Gasteiger partial charge is 0.399 e. The summed E-state index contributed by atoms with van der Waals surface area (Å²) in [5.41, 5.74) is 6.18. The van der Waals surface area contributed by atoms with Crippen LogP contribution in [0.2, 0.25) is 20.1 Å². The molecule has 0 unspecified atom stereocenters. The molecule has 0 radical (unpaired) electrons. The van der Waals surface area contributed by atoms with Crippen molar-refractivity contribution in [3.05, 3.63) is 50.4 Å². The van der Waals surface area contributed by atoms with Gasteiger partial charge in [0, 0.05) is 15.5 Å². The molecular formula is C12H7Cl4NS. The highest BCUT2D eigenvalue weighted by Crippen LogP contribution is 2.41. The molecule has 0 aliphatic rings. The summed E-state index contributed by atoms with van der Waals surface area (Å²) < 4.78 is 0. The molecule has 94 valence electrons. The molecule has 0 saturated heterocycles. The third kappa shape index (κ3) is 3.19. The molecular weight excluding hydrogens is 332 g/mol. The average molecular weight is 339 g/mol. The molecule has 2 aromatic rings. The highest BCUT2D eigenvalue weighted by atomic mass is 35.5. The van der Waals surface area contributed by atoms with Crippen molar-refractivity contribution in [1.29, 1.82) is 0 Å². The molecule has 0 saturated carbocycles. The first kappa shape index (κ1) is 14.2. The van der Waals surface area contributed by atoms with E-state index in [4.69, 9.17) is 52.1 Å². The van der Waals surface area contributed by atoms with Crippen LogP contribution in [0.4, 0.5) is 5.69 Å². The van der Waals surface area contributed by atoms with Crippen LogP contribution in [0.15, 0.2) is 40.1 Å². The molecule has 0 atom stereocenters. The molecule has 18 heavy (non-hydrogen) atoms. The van der Waals surface area contributed by atoms with Crippen molar-refractivity contribution >= 4 is 63.9 Å². The molecule has 0 spiro atoms. The van der Waals surface area contributed by atoms with Gasteiger partial charge in [-0.15, -0.1) is 0 Å². The smallest absolute Gasteiger partial charge is 0.0603 e. The first-order valence-corrected chi connectivity index (χ1v) is 7.17. The van der Waals surface area contributed by atoms with Crippen molar-refractivity contribution in [2.24, 2.45) is 0 Å². The molecule has 2 aromatic carbocycles. The monoisotopic (exact) mass is 337 g/mol. The molecule has 0 bridgehead atoms. The second kappa shape index (κ2) is 5.81. The molecule has 0 aromatic heterocycles. The van der Waals surface area contributed by atoms with E-state index in [1.165, 1.54) is 11.8 Å². The fourth-order valence-electron chi connectivity index (χ4n) is 1.34. The van der Waals surface area contributed by atoms with Gasteiger partial charge < -0.3 is 5.73 Å². The lowest BCUT2D eigenvalue weighted by Gasteiger charge is -2.08. The van der Waals surface area contributed by atoms with E-state index in [0.717, 1.165) is 9.79 Å². The van der Waals surface area contributed by atoms with E-state index >= 15 is 0 Å². The van der Waals surface area contributed by atoms with Crippen LogP contribution in [0.1, 0.15) is 0 Å². The number of hydrogen-bond acceptors (Lipinski definition) is 2. The number of anilines is 1. The lowest BCUT2D eigenvalue weighted by atomic mass is 10.3. The second-order valence-corrected chi connectivity index (χ2v) is 6.20. The minimum atomic E-state index is 0.490. The fraction of sp³-hybridized carbons (Fsp3) is 0. The lowest BCUT2D eigenvalue weighted by molar-refractivity contribution is 1.41. The van der Waals surface area contributed by atoms with Crippen LogP contribution in [0.25, 0.3) is 0 Å². The van der Waals surface area contributed by atoms with Gasteiger partial charge in [-0.2, -0.15) is 0 Å². The Hall–Kier alpha value is -0.250. The predicted octanol–water partition coefficient (Wildman–Crippen LogP) is 6.03. The summed E-state index contributed by atoms with van der Waals surface area (Å²) in [6.07, 6.45) is 0. The summed E-state index contributed by atoms with van der Waals surface area (Å²) in [5.74, 6) is 0. The summed E-state index contributed by atoms with van der Waals surface area (Å²) >= 11 is 25.4. The topological polar surface area (TPSA) is 26.0 Å². The van der Waals surface area contributed by atoms with E-state index < -0.39 is 0 Å². The molecule has 2 N–H and O–H groups in total. The summed E-state index contributed by atoms with van der Waals surface area (Å²) in [6.45, 7) is 0. The van der Waals surface area contributed by atoms with Crippen LogP contribution in [0.5, 0.6) is 0 Å². The molecule has 6 heteroatoms. The third-order valence-electron chi connectivity index (χ3n) is 2.13. The SMILES string of the molecule is Nc1cc(Cl)c(Sc2ccc(Cl)c(Cl)c2)c(Cl)c1. The fourth-order valence-corrected chi connectivity index (χ4v) is 3.29. The van der Waals surface area contributed by atoms with Gasteiger partial charge in [-0.25, -0.2) is 0 Å². The van der Waals surface area contributed by atoms with Crippen LogP contribution in [0, 0.1) is 0 Å². The van der Waals surface area contributed by atoms with Gasteiger partial charge in [0.2, 0.25) is 0 Å². The first-order chi connectivity index (χ1) is 8.47. The molecule has 0 aliphatic carbocycles. The maximum atomic E-state index is 6.11. The average Bonchev–Trinajstić information content (AvgIpc) is 2.28. The zero-order chi connectivity index (χ0) is 13.3. The van der Waals surface area contributed by atoms with E-state index in [2.05, 4.69) is 0 Å². The molecule has 0 aliphatic heterocycles. The Labute approximate surface area is 129 Å². The Morgan fingerprint density at radius 1 is 0.778 bits per heavy atom. The van der Waals surface area contributed by atoms with Gasteiger partial charge in [-0.05, 0) is 30.3 Å². The molecule has 2 rings (SSSR count). The Balaban J connectivity index is 2.37. The number of nitrogen functional groups attached to an aromatic ring is 1. The predicted molar refractivity (Wildman–Crippen MR) is 81.5 cm³/mol. The van der Waals surface area contributed by atoms with Gasteiger partial charge in [0.05, 0.1) is 20.1 Å². The van der Waals surface area contributed by atoms with Gasteiger partial charge in [0.25, 0.3) is 0 Å². The molecule has 0 amide bonds. The maximum absolute atomic E-state index is 6.11. The Bertz CT molecular complexity index is 578. The number of hydrogen-bond donors (Lipinski definition) is 1. The normalized spacial score (nSPS) is 10.7. The van der Waals surface area contributed by atoms with Gasteiger partial charge in [0.1, 0.15) is 0 Å². The van der Waals surface area contributed by atoms with Crippen LogP contribution < -0.4 is 5.73 Å². The lowest BCUT2D eigenvalue weighted by Crippen LogP contribution is -1.86. The quantitative estimate of drug-likeness (QED) is 0.676. The van der Waals surface area contributed by atoms with Crippen LogP contribution in [-0.2, 0) is 0 Å². The van der Waals surface area contributed by atoms with Crippen LogP contribution >= 0.6 is 58.2 Å². The van der Waals surface area contributed by atoms with Gasteiger partial charge in [-0.1, -0.05) is 58.2 Å². The molecule has 0 heterocycles. The minimum absolute atomic E-state index is 0.490. The first-order valence-electron chi connectivity index (χ1n) is 4.85. The summed E-state index contributed by atoms with van der Waals surface area (Å²) in [4.78, 5) is 1.64. The highest BCUT2D eigenvalue weighted by Gasteiger charge is 2.10. The van der Waals surface area contributed by atoms with Gasteiger partial charge in [0.15, 0.2) is 0 Å². The van der Waals surface area contributed by atoms with E-state index in [1.807, 2.05) is 6.07 Å². The molecule has 1 nitrogen and oxygen atoms in total. The zero-order valence-electron chi connectivity index (χ0n) is 8.88. The van der Waals surface area contributed by atoms with Crippen molar-refractivity contribution in [2.75, 3.05) is 5.73 Å². The van der Waals surface area contributed by atoms with Crippen molar-refractivity contribution < 1.29 is 0 Å². The Kier molecular flexibility index (Phi) is 4.57. The van der Waals surface area contributed by atoms with Crippen LogP contribution in [0.3, 0.4) is 0 Å². The minimum Gasteiger partial charge on any atom is -0.399 e. The van der Waals surface area contributed by atoms with Crippen molar-refractivity contribution in [3.8, 4) is 0 Å². The Morgan fingerprint density at radius 3 is 1.94 bits per heavy atom. The van der Waals surface area contributed by atoms with E-state index in [1.54, 1.807) is 24.3 Å². The number of halogens is 4. The van der Waals surface area contributed by atoms with Crippen molar-refractivity contribution in [1.82, 2.24) is 0 Å². The summed E-state index contributed by atoms with van der Waals surface area (Å²) in [7, 11) is 0. The third-order valence-corrected chi connectivity index (χ3v) is 4.82. The van der Waals surface area contributed by atoms with Crippen LogP contribution in [-0.4, -0.2) is 0 Å². The molecule has 0 fully saturated rings. The summed E-state index contributed by atoms with van der Waals surface area (Å²) in [6, 6.07) is 8.66. The van der Waals surface area contributed by atoms with E-state index in [9.17, 15) is 0 Å².